The minimum absolute atomic E-state index is 0.0479. The van der Waals surface area contributed by atoms with Gasteiger partial charge in [-0.05, 0) is 22.6 Å². The van der Waals surface area contributed by atoms with Gasteiger partial charge in [0.05, 0.1) is 11.2 Å². The summed E-state index contributed by atoms with van der Waals surface area (Å²) in [6, 6.07) is 11.9. The molecule has 28 heavy (non-hydrogen) atoms. The molecule has 0 radical (unpaired) electrons. The molecule has 0 spiro atoms. The third-order valence-corrected chi connectivity index (χ3v) is 5.15. The van der Waals surface area contributed by atoms with E-state index in [2.05, 4.69) is 26.5 Å². The van der Waals surface area contributed by atoms with Crippen molar-refractivity contribution in [3.8, 4) is 10.7 Å². The Bertz CT molecular complexity index is 1020. The van der Waals surface area contributed by atoms with Gasteiger partial charge >= 0.3 is 0 Å². The van der Waals surface area contributed by atoms with E-state index in [0.29, 0.717) is 31.1 Å². The molecule has 0 saturated carbocycles. The summed E-state index contributed by atoms with van der Waals surface area (Å²) in [6.07, 6.45) is 6.18. The van der Waals surface area contributed by atoms with Gasteiger partial charge < -0.3 is 14.4 Å². The molecule has 0 aliphatic rings. The standard InChI is InChI=1S/C20H19N5O2S/c26-18(7-8-19-23-20(24-27-19)17-6-3-11-28-17)22-12-15-4-1-2-5-16(15)13-25-10-9-21-14-25/h1-6,9-11,14H,7-8,12-13H2,(H,22,26). The predicted octanol–water partition coefficient (Wildman–Crippen LogP) is 3.29. The number of carbonyl (C=O) groups excluding carboxylic acids is 1. The first-order valence-electron chi connectivity index (χ1n) is 8.93. The largest absolute Gasteiger partial charge is 0.352 e. The molecule has 1 amide bonds. The van der Waals surface area contributed by atoms with Crippen LogP contribution in [0.2, 0.25) is 0 Å². The van der Waals surface area contributed by atoms with Crippen molar-refractivity contribution in [2.45, 2.75) is 25.9 Å². The summed E-state index contributed by atoms with van der Waals surface area (Å²) in [5, 5.41) is 8.90. The van der Waals surface area contributed by atoms with E-state index in [0.717, 1.165) is 22.5 Å². The zero-order valence-corrected chi connectivity index (χ0v) is 15.9. The van der Waals surface area contributed by atoms with Crippen molar-refractivity contribution in [1.82, 2.24) is 25.0 Å². The topological polar surface area (TPSA) is 85.8 Å². The van der Waals surface area contributed by atoms with Crippen LogP contribution < -0.4 is 5.32 Å². The number of hydrogen-bond acceptors (Lipinski definition) is 6. The fraction of sp³-hybridized carbons (Fsp3) is 0.200. The smallest absolute Gasteiger partial charge is 0.227 e. The van der Waals surface area contributed by atoms with Crippen LogP contribution in [0.25, 0.3) is 10.7 Å². The summed E-state index contributed by atoms with van der Waals surface area (Å²) < 4.78 is 7.24. The lowest BCUT2D eigenvalue weighted by Crippen LogP contribution is -2.23. The summed E-state index contributed by atoms with van der Waals surface area (Å²) in [5.41, 5.74) is 2.24. The Hall–Kier alpha value is -3.26. The molecule has 4 rings (SSSR count). The first kappa shape index (κ1) is 18.1. The van der Waals surface area contributed by atoms with Gasteiger partial charge in [0.15, 0.2) is 0 Å². The maximum Gasteiger partial charge on any atom is 0.227 e. The van der Waals surface area contributed by atoms with Crippen molar-refractivity contribution in [3.05, 3.63) is 77.5 Å². The fourth-order valence-corrected chi connectivity index (χ4v) is 3.48. The van der Waals surface area contributed by atoms with Crippen molar-refractivity contribution in [2.24, 2.45) is 0 Å². The van der Waals surface area contributed by atoms with Crippen molar-refractivity contribution in [3.63, 3.8) is 0 Å². The second kappa shape index (κ2) is 8.62. The van der Waals surface area contributed by atoms with Crippen LogP contribution in [0.4, 0.5) is 0 Å². The lowest BCUT2D eigenvalue weighted by atomic mass is 10.1. The maximum atomic E-state index is 12.2. The number of hydrogen-bond donors (Lipinski definition) is 1. The number of aromatic nitrogens is 4. The molecule has 3 aromatic heterocycles. The van der Waals surface area contributed by atoms with Crippen molar-refractivity contribution in [2.75, 3.05) is 0 Å². The van der Waals surface area contributed by atoms with Gasteiger partial charge in [0.2, 0.25) is 17.6 Å². The van der Waals surface area contributed by atoms with Gasteiger partial charge in [-0.2, -0.15) is 4.98 Å². The van der Waals surface area contributed by atoms with Gasteiger partial charge in [-0.15, -0.1) is 11.3 Å². The number of carbonyl (C=O) groups is 1. The number of rotatable bonds is 8. The summed E-state index contributed by atoms with van der Waals surface area (Å²) in [4.78, 5) is 21.6. The van der Waals surface area contributed by atoms with Crippen LogP contribution in [0, 0.1) is 0 Å². The number of aryl methyl sites for hydroxylation is 1. The van der Waals surface area contributed by atoms with E-state index in [4.69, 9.17) is 4.52 Å². The minimum atomic E-state index is -0.0479. The summed E-state index contributed by atoms with van der Waals surface area (Å²) in [7, 11) is 0. The molecule has 0 saturated heterocycles. The lowest BCUT2D eigenvalue weighted by molar-refractivity contribution is -0.121. The van der Waals surface area contributed by atoms with Crippen molar-refractivity contribution < 1.29 is 9.32 Å². The summed E-state index contributed by atoms with van der Waals surface area (Å²) in [5.74, 6) is 0.992. The Kier molecular flexibility index (Phi) is 5.58. The Morgan fingerprint density at radius 1 is 1.18 bits per heavy atom. The van der Waals surface area contributed by atoms with Gasteiger partial charge in [0.25, 0.3) is 0 Å². The third-order valence-electron chi connectivity index (χ3n) is 4.28. The fourth-order valence-electron chi connectivity index (χ4n) is 2.83. The van der Waals surface area contributed by atoms with E-state index in [1.54, 1.807) is 23.9 Å². The zero-order valence-electron chi connectivity index (χ0n) is 15.1. The molecule has 0 unspecified atom stereocenters. The summed E-state index contributed by atoms with van der Waals surface area (Å²) >= 11 is 1.55. The van der Waals surface area contributed by atoms with Crippen LogP contribution in [-0.2, 0) is 24.3 Å². The Balaban J connectivity index is 1.29. The highest BCUT2D eigenvalue weighted by Gasteiger charge is 2.11. The second-order valence-electron chi connectivity index (χ2n) is 6.27. The molecule has 0 atom stereocenters. The van der Waals surface area contributed by atoms with Gasteiger partial charge in [0, 0.05) is 38.3 Å². The number of nitrogens with zero attached hydrogens (tertiary/aromatic N) is 4. The molecule has 3 heterocycles. The molecule has 0 aliphatic carbocycles. The van der Waals surface area contributed by atoms with Gasteiger partial charge in [-0.25, -0.2) is 4.98 Å². The van der Waals surface area contributed by atoms with Crippen molar-refractivity contribution >= 4 is 17.2 Å². The highest BCUT2D eigenvalue weighted by Crippen LogP contribution is 2.21. The molecule has 4 aromatic rings. The molecule has 7 nitrogen and oxygen atoms in total. The number of amides is 1. The molecule has 142 valence electrons. The molecule has 8 heteroatoms. The second-order valence-corrected chi connectivity index (χ2v) is 7.22. The van der Waals surface area contributed by atoms with Gasteiger partial charge in [0.1, 0.15) is 0 Å². The van der Waals surface area contributed by atoms with E-state index in [1.165, 1.54) is 0 Å². The predicted molar refractivity (Wildman–Crippen MR) is 106 cm³/mol. The Morgan fingerprint density at radius 2 is 2.07 bits per heavy atom. The van der Waals surface area contributed by atoms with E-state index in [1.807, 2.05) is 46.5 Å². The number of thiophene rings is 1. The quantitative estimate of drug-likeness (QED) is 0.496. The van der Waals surface area contributed by atoms with E-state index in [-0.39, 0.29) is 5.91 Å². The average molecular weight is 393 g/mol. The number of benzene rings is 1. The SMILES string of the molecule is O=C(CCc1nc(-c2cccs2)no1)NCc1ccccc1Cn1ccnc1. The lowest BCUT2D eigenvalue weighted by Gasteiger charge is -2.11. The van der Waals surface area contributed by atoms with Gasteiger partial charge in [-0.3, -0.25) is 4.79 Å². The normalized spacial score (nSPS) is 10.9. The van der Waals surface area contributed by atoms with E-state index in [9.17, 15) is 4.79 Å². The molecular formula is C20H19N5O2S. The number of nitrogens with one attached hydrogen (secondary N) is 1. The third kappa shape index (κ3) is 4.52. The Labute approximate surface area is 166 Å². The van der Waals surface area contributed by atoms with Crippen LogP contribution in [0.5, 0.6) is 0 Å². The highest BCUT2D eigenvalue weighted by molar-refractivity contribution is 7.13. The molecule has 1 aromatic carbocycles. The van der Waals surface area contributed by atoms with Crippen LogP contribution in [0.3, 0.4) is 0 Å². The van der Waals surface area contributed by atoms with Gasteiger partial charge in [-0.1, -0.05) is 35.5 Å². The Morgan fingerprint density at radius 3 is 2.86 bits per heavy atom. The van der Waals surface area contributed by atoms with Crippen LogP contribution in [0.15, 0.2) is 65.0 Å². The highest BCUT2D eigenvalue weighted by atomic mass is 32.1. The van der Waals surface area contributed by atoms with E-state index >= 15 is 0 Å². The minimum Gasteiger partial charge on any atom is -0.352 e. The van der Waals surface area contributed by atoms with E-state index < -0.39 is 0 Å². The van der Waals surface area contributed by atoms with Crippen LogP contribution in [0.1, 0.15) is 23.4 Å². The van der Waals surface area contributed by atoms with Crippen LogP contribution in [-0.4, -0.2) is 25.6 Å². The zero-order chi connectivity index (χ0) is 19.2. The average Bonchev–Trinajstić information content (AvgIpc) is 3.48. The molecule has 0 bridgehead atoms. The monoisotopic (exact) mass is 393 g/mol. The summed E-state index contributed by atoms with van der Waals surface area (Å²) in [6.45, 7) is 1.20. The van der Waals surface area contributed by atoms with Crippen molar-refractivity contribution in [1.29, 1.82) is 0 Å². The number of imidazole rings is 1. The molecule has 1 N–H and O–H groups in total. The van der Waals surface area contributed by atoms with Crippen LogP contribution >= 0.6 is 11.3 Å². The molecule has 0 aliphatic heterocycles. The molecule has 0 fully saturated rings. The molecular weight excluding hydrogens is 374 g/mol. The maximum absolute atomic E-state index is 12.2. The first-order chi connectivity index (χ1) is 13.8. The first-order valence-corrected chi connectivity index (χ1v) is 9.81.